The molecule has 0 radical (unpaired) electrons. The number of fused-ring (bicyclic) bond motifs is 2. The van der Waals surface area contributed by atoms with E-state index in [0.29, 0.717) is 34.0 Å². The van der Waals surface area contributed by atoms with Gasteiger partial charge in [-0.1, -0.05) is 0 Å². The lowest BCUT2D eigenvalue weighted by molar-refractivity contribution is -0.118. The number of amides is 2. The summed E-state index contributed by atoms with van der Waals surface area (Å²) in [5, 5.41) is 26.7. The Bertz CT molecular complexity index is 1360. The molecule has 3 aromatic rings. The fourth-order valence-corrected chi connectivity index (χ4v) is 4.19. The molecule has 2 aliphatic rings. The lowest BCUT2D eigenvalue weighted by Gasteiger charge is -2.23. The number of cyclic esters (lactones) is 1. The van der Waals surface area contributed by atoms with Crippen LogP contribution >= 0.6 is 0 Å². The van der Waals surface area contributed by atoms with Crippen molar-refractivity contribution < 1.29 is 38.4 Å². The summed E-state index contributed by atoms with van der Waals surface area (Å²) in [7, 11) is 1.45. The van der Waals surface area contributed by atoms with Gasteiger partial charge in [0.15, 0.2) is 12.7 Å². The molecular formula is C24H24FN5O7. The molecule has 0 spiro atoms. The number of halogens is 1. The maximum Gasteiger partial charge on any atom is 0.414 e. The van der Waals surface area contributed by atoms with Crippen molar-refractivity contribution in [1.82, 2.24) is 15.3 Å². The van der Waals surface area contributed by atoms with Crippen LogP contribution in [-0.2, 0) is 16.1 Å². The molecule has 37 heavy (non-hydrogen) atoms. The average Bonchev–Trinajstić information content (AvgIpc) is 3.29. The number of anilines is 2. The van der Waals surface area contributed by atoms with E-state index in [0.717, 1.165) is 6.20 Å². The first kappa shape index (κ1) is 24.6. The van der Waals surface area contributed by atoms with Crippen molar-refractivity contribution in [3.8, 4) is 11.6 Å². The maximum atomic E-state index is 14.5. The number of aromatic nitrogens is 2. The topological polar surface area (TPSA) is 155 Å². The number of hydrogen-bond acceptors (Lipinski definition) is 10. The third kappa shape index (κ3) is 4.96. The summed E-state index contributed by atoms with van der Waals surface area (Å²) >= 11 is 0. The van der Waals surface area contributed by atoms with E-state index in [2.05, 4.69) is 20.6 Å². The molecule has 2 aromatic heterocycles. The highest BCUT2D eigenvalue weighted by molar-refractivity contribution is 5.97. The quantitative estimate of drug-likeness (QED) is 0.342. The number of hydrogen-bond donors (Lipinski definition) is 4. The van der Waals surface area contributed by atoms with Crippen molar-refractivity contribution in [1.29, 1.82) is 0 Å². The van der Waals surface area contributed by atoms with Crippen LogP contribution in [0, 0.1) is 5.82 Å². The van der Waals surface area contributed by atoms with Gasteiger partial charge in [0.05, 0.1) is 37.2 Å². The Hall–Kier alpha value is -4.07. The number of benzene rings is 1. The van der Waals surface area contributed by atoms with Gasteiger partial charge >= 0.3 is 6.09 Å². The lowest BCUT2D eigenvalue weighted by atomic mass is 10.1. The number of nitrogens with one attached hydrogen (secondary N) is 2. The summed E-state index contributed by atoms with van der Waals surface area (Å²) in [5.74, 6) is -0.117. The second-order valence-corrected chi connectivity index (χ2v) is 8.55. The maximum absolute atomic E-state index is 14.5. The van der Waals surface area contributed by atoms with Gasteiger partial charge in [0, 0.05) is 30.4 Å². The molecule has 0 aliphatic carbocycles. The lowest BCUT2D eigenvalue weighted by Crippen LogP contribution is -2.44. The number of ether oxygens (including phenoxy) is 3. The summed E-state index contributed by atoms with van der Waals surface area (Å²) in [6.45, 7) is -0.246. The number of pyridine rings is 2. The van der Waals surface area contributed by atoms with Gasteiger partial charge in [-0.2, -0.15) is 0 Å². The Balaban J connectivity index is 1.21. The molecule has 13 heteroatoms. The molecule has 5 rings (SSSR count). The summed E-state index contributed by atoms with van der Waals surface area (Å²) in [6, 6.07) is 8.08. The molecule has 0 saturated carbocycles. The molecule has 1 saturated heterocycles. The van der Waals surface area contributed by atoms with E-state index in [1.807, 2.05) is 0 Å². The van der Waals surface area contributed by atoms with Crippen molar-refractivity contribution in [3.05, 3.63) is 47.9 Å². The van der Waals surface area contributed by atoms with Crippen LogP contribution in [0.15, 0.2) is 36.5 Å². The molecule has 1 unspecified atom stereocenters. The summed E-state index contributed by atoms with van der Waals surface area (Å²) < 4.78 is 30.2. The third-order valence-corrected chi connectivity index (χ3v) is 6.12. The minimum Gasteiger partial charge on any atom is -0.482 e. The van der Waals surface area contributed by atoms with E-state index < -0.39 is 30.2 Å². The Morgan fingerprint density at radius 2 is 2.14 bits per heavy atom. The zero-order chi connectivity index (χ0) is 26.1. The Morgan fingerprint density at radius 1 is 1.30 bits per heavy atom. The van der Waals surface area contributed by atoms with Crippen LogP contribution in [0.3, 0.4) is 0 Å². The summed E-state index contributed by atoms with van der Waals surface area (Å²) in [4.78, 5) is 33.6. The molecule has 1 aromatic carbocycles. The predicted octanol–water partition coefficient (Wildman–Crippen LogP) is 0.945. The van der Waals surface area contributed by atoms with Crippen LogP contribution in [-0.4, -0.2) is 77.3 Å². The molecule has 2 aliphatic heterocycles. The van der Waals surface area contributed by atoms with Crippen molar-refractivity contribution in [2.24, 2.45) is 0 Å². The standard InChI is InChI=1S/C24H24FN5O7/c1-35-21-5-3-15-22(29-21)13(14(25)8-27-15)7-26-9-17(31)23(33)19-10-30(24(34)37-19)12-2-4-18-16(6-12)28-20(32)11-36-18/h2-6,8,17,19,23,26,31,33H,7,9-11H2,1H3,(H,28,32)/t17-,19?,23+/m1/s1. The second kappa shape index (κ2) is 10.1. The fraction of sp³-hybridized carbons (Fsp3) is 0.333. The molecule has 194 valence electrons. The van der Waals surface area contributed by atoms with Gasteiger partial charge in [-0.05, 0) is 24.3 Å². The number of aliphatic hydroxyl groups is 2. The number of rotatable bonds is 8. The SMILES string of the molecule is COc1ccc2ncc(F)c(CNC[C@@H](O)[C@H](O)C3CN(c4ccc5c(c4)NC(=O)CO5)C(=O)O3)c2n1. The van der Waals surface area contributed by atoms with Gasteiger partial charge in [-0.25, -0.2) is 14.2 Å². The highest BCUT2D eigenvalue weighted by Gasteiger charge is 2.40. The van der Waals surface area contributed by atoms with Gasteiger partial charge in [0.2, 0.25) is 5.88 Å². The normalized spacial score (nSPS) is 18.6. The van der Waals surface area contributed by atoms with Gasteiger partial charge < -0.3 is 35.1 Å². The van der Waals surface area contributed by atoms with Gasteiger partial charge in [-0.3, -0.25) is 14.7 Å². The summed E-state index contributed by atoms with van der Waals surface area (Å²) in [5.41, 5.74) is 1.87. The van der Waals surface area contributed by atoms with Crippen LogP contribution in [0.4, 0.5) is 20.6 Å². The van der Waals surface area contributed by atoms with Crippen molar-refractivity contribution >= 4 is 34.4 Å². The van der Waals surface area contributed by atoms with Crippen molar-refractivity contribution in [2.75, 3.05) is 37.0 Å². The molecule has 4 heterocycles. The van der Waals surface area contributed by atoms with E-state index in [4.69, 9.17) is 14.2 Å². The Kier molecular flexibility index (Phi) is 6.74. The van der Waals surface area contributed by atoms with Gasteiger partial charge in [0.1, 0.15) is 23.2 Å². The molecule has 2 amide bonds. The smallest absolute Gasteiger partial charge is 0.414 e. The zero-order valence-corrected chi connectivity index (χ0v) is 19.7. The molecule has 4 N–H and O–H groups in total. The monoisotopic (exact) mass is 513 g/mol. The van der Waals surface area contributed by atoms with Crippen LogP contribution < -0.4 is 25.0 Å². The molecule has 0 bridgehead atoms. The first-order chi connectivity index (χ1) is 17.8. The van der Waals surface area contributed by atoms with E-state index >= 15 is 0 Å². The predicted molar refractivity (Wildman–Crippen MR) is 128 cm³/mol. The van der Waals surface area contributed by atoms with Gasteiger partial charge in [-0.15, -0.1) is 0 Å². The van der Waals surface area contributed by atoms with E-state index in [9.17, 15) is 24.2 Å². The van der Waals surface area contributed by atoms with E-state index in [1.54, 1.807) is 30.3 Å². The van der Waals surface area contributed by atoms with Gasteiger partial charge in [0.25, 0.3) is 5.91 Å². The molecular weight excluding hydrogens is 489 g/mol. The number of methoxy groups -OCH3 is 1. The fourth-order valence-electron chi connectivity index (χ4n) is 4.19. The highest BCUT2D eigenvalue weighted by atomic mass is 19.1. The minimum atomic E-state index is -1.42. The van der Waals surface area contributed by atoms with Crippen LogP contribution in [0.2, 0.25) is 0 Å². The van der Waals surface area contributed by atoms with E-state index in [1.165, 1.54) is 12.0 Å². The molecule has 3 atom stereocenters. The Labute approximate surface area is 210 Å². The number of aliphatic hydroxyl groups excluding tert-OH is 2. The third-order valence-electron chi connectivity index (χ3n) is 6.12. The highest BCUT2D eigenvalue weighted by Crippen LogP contribution is 2.34. The van der Waals surface area contributed by atoms with E-state index in [-0.39, 0.29) is 37.7 Å². The summed E-state index contributed by atoms with van der Waals surface area (Å²) in [6.07, 6.45) is -3.39. The Morgan fingerprint density at radius 3 is 2.95 bits per heavy atom. The number of carbonyl (C=O) groups is 2. The average molecular weight is 513 g/mol. The first-order valence-electron chi connectivity index (χ1n) is 11.4. The number of nitrogens with zero attached hydrogens (tertiary/aromatic N) is 3. The number of carbonyl (C=O) groups excluding carboxylic acids is 2. The van der Waals surface area contributed by atoms with Crippen LogP contribution in [0.1, 0.15) is 5.56 Å². The van der Waals surface area contributed by atoms with Crippen LogP contribution in [0.5, 0.6) is 11.6 Å². The first-order valence-corrected chi connectivity index (χ1v) is 11.4. The minimum absolute atomic E-state index is 0.00566. The van der Waals surface area contributed by atoms with Crippen LogP contribution in [0.25, 0.3) is 11.0 Å². The van der Waals surface area contributed by atoms with Crippen molar-refractivity contribution in [2.45, 2.75) is 24.9 Å². The molecule has 1 fully saturated rings. The molecule has 12 nitrogen and oxygen atoms in total. The largest absolute Gasteiger partial charge is 0.482 e. The van der Waals surface area contributed by atoms with Crippen molar-refractivity contribution in [3.63, 3.8) is 0 Å². The second-order valence-electron chi connectivity index (χ2n) is 8.55. The zero-order valence-electron chi connectivity index (χ0n) is 19.7.